The highest BCUT2D eigenvalue weighted by molar-refractivity contribution is 5.30. The van der Waals surface area contributed by atoms with E-state index in [1.165, 1.54) is 11.1 Å². The van der Waals surface area contributed by atoms with Crippen LogP contribution in [0.25, 0.3) is 0 Å². The maximum Gasteiger partial charge on any atom is 0.0589 e. The van der Waals surface area contributed by atoms with Crippen molar-refractivity contribution in [2.45, 2.75) is 19.0 Å². The highest BCUT2D eigenvalue weighted by Gasteiger charge is 2.24. The third kappa shape index (κ3) is 2.43. The molecule has 1 unspecified atom stereocenters. The number of hydrogen-bond donors (Lipinski definition) is 1. The van der Waals surface area contributed by atoms with Crippen molar-refractivity contribution < 1.29 is 4.74 Å². The van der Waals surface area contributed by atoms with Crippen LogP contribution in [-0.2, 0) is 17.7 Å². The van der Waals surface area contributed by atoms with Crippen molar-refractivity contribution in [1.29, 1.82) is 0 Å². The number of nitrogens with zero attached hydrogens (tertiary/aromatic N) is 1. The number of ether oxygens (including phenoxy) is 1. The minimum Gasteiger partial charge on any atom is -0.383 e. The van der Waals surface area contributed by atoms with E-state index in [0.29, 0.717) is 6.04 Å². The predicted molar refractivity (Wildman–Crippen MR) is 65.3 cm³/mol. The summed E-state index contributed by atoms with van der Waals surface area (Å²) >= 11 is 0. The van der Waals surface area contributed by atoms with E-state index in [2.05, 4.69) is 29.2 Å². The lowest BCUT2D eigenvalue weighted by molar-refractivity contribution is 0.109. The Morgan fingerprint density at radius 2 is 2.12 bits per heavy atom. The van der Waals surface area contributed by atoms with Crippen LogP contribution in [0.1, 0.15) is 11.1 Å². The summed E-state index contributed by atoms with van der Waals surface area (Å²) in [7, 11) is 1.75. The Morgan fingerprint density at radius 1 is 1.38 bits per heavy atom. The van der Waals surface area contributed by atoms with Gasteiger partial charge < -0.3 is 10.5 Å². The number of rotatable bonds is 4. The summed E-state index contributed by atoms with van der Waals surface area (Å²) in [5, 5.41) is 0. The second-order valence-corrected chi connectivity index (χ2v) is 4.33. The van der Waals surface area contributed by atoms with E-state index >= 15 is 0 Å². The van der Waals surface area contributed by atoms with Gasteiger partial charge in [0.1, 0.15) is 0 Å². The van der Waals surface area contributed by atoms with Gasteiger partial charge in [0.2, 0.25) is 0 Å². The SMILES string of the molecule is COCCN1Cc2ccccc2CC1CN. The van der Waals surface area contributed by atoms with Crippen LogP contribution in [0.5, 0.6) is 0 Å². The van der Waals surface area contributed by atoms with Gasteiger partial charge in [-0.1, -0.05) is 24.3 Å². The number of methoxy groups -OCH3 is 1. The molecule has 88 valence electrons. The molecule has 1 aliphatic heterocycles. The maximum absolute atomic E-state index is 5.84. The standard InChI is InChI=1S/C13H20N2O/c1-16-7-6-15-10-12-5-3-2-4-11(12)8-13(15)9-14/h2-5,13H,6-10,14H2,1H3. The van der Waals surface area contributed by atoms with Gasteiger partial charge in [-0.25, -0.2) is 0 Å². The normalized spacial score (nSPS) is 20.8. The van der Waals surface area contributed by atoms with E-state index in [-0.39, 0.29) is 0 Å². The molecule has 0 aliphatic carbocycles. The van der Waals surface area contributed by atoms with Gasteiger partial charge in [0.25, 0.3) is 0 Å². The molecule has 3 nitrogen and oxygen atoms in total. The van der Waals surface area contributed by atoms with Gasteiger partial charge in [0, 0.05) is 32.8 Å². The number of fused-ring (bicyclic) bond motifs is 1. The van der Waals surface area contributed by atoms with Crippen LogP contribution in [0, 0.1) is 0 Å². The molecule has 2 N–H and O–H groups in total. The molecule has 0 amide bonds. The summed E-state index contributed by atoms with van der Waals surface area (Å²) in [5.74, 6) is 0. The van der Waals surface area contributed by atoms with Crippen molar-refractivity contribution in [2.75, 3.05) is 26.8 Å². The van der Waals surface area contributed by atoms with Gasteiger partial charge in [0.15, 0.2) is 0 Å². The van der Waals surface area contributed by atoms with Crippen molar-refractivity contribution in [3.8, 4) is 0 Å². The minimum absolute atomic E-state index is 0.463. The average molecular weight is 220 g/mol. The number of nitrogens with two attached hydrogens (primary N) is 1. The fraction of sp³-hybridized carbons (Fsp3) is 0.538. The van der Waals surface area contributed by atoms with Crippen LogP contribution in [0.4, 0.5) is 0 Å². The molecule has 0 radical (unpaired) electrons. The minimum atomic E-state index is 0.463. The Hall–Kier alpha value is -0.900. The molecule has 0 bridgehead atoms. The van der Waals surface area contributed by atoms with Gasteiger partial charge in [-0.2, -0.15) is 0 Å². The first-order valence-corrected chi connectivity index (χ1v) is 5.85. The molecule has 0 aromatic heterocycles. The molecule has 1 aromatic rings. The molecule has 0 saturated heterocycles. The summed E-state index contributed by atoms with van der Waals surface area (Å²) in [4.78, 5) is 2.42. The first-order valence-electron chi connectivity index (χ1n) is 5.85. The lowest BCUT2D eigenvalue weighted by Gasteiger charge is -2.36. The largest absolute Gasteiger partial charge is 0.383 e. The second kappa shape index (κ2) is 5.43. The molecule has 0 fully saturated rings. The predicted octanol–water partition coefficient (Wildman–Crippen LogP) is 1.02. The van der Waals surface area contributed by atoms with Crippen molar-refractivity contribution in [3.63, 3.8) is 0 Å². The molecule has 0 spiro atoms. The Kier molecular flexibility index (Phi) is 3.93. The lowest BCUT2D eigenvalue weighted by Crippen LogP contribution is -2.46. The molecular weight excluding hydrogens is 200 g/mol. The van der Waals surface area contributed by atoms with Crippen molar-refractivity contribution in [2.24, 2.45) is 5.73 Å². The first-order chi connectivity index (χ1) is 7.85. The molecule has 1 aliphatic rings. The average Bonchev–Trinajstić information content (AvgIpc) is 2.35. The third-order valence-electron chi connectivity index (χ3n) is 3.32. The van der Waals surface area contributed by atoms with E-state index in [1.54, 1.807) is 7.11 Å². The fourth-order valence-electron chi connectivity index (χ4n) is 2.34. The highest BCUT2D eigenvalue weighted by Crippen LogP contribution is 2.22. The fourth-order valence-corrected chi connectivity index (χ4v) is 2.34. The van der Waals surface area contributed by atoms with E-state index in [0.717, 1.165) is 32.7 Å². The van der Waals surface area contributed by atoms with Gasteiger partial charge in [0.05, 0.1) is 6.61 Å². The molecule has 3 heteroatoms. The van der Waals surface area contributed by atoms with Crippen LogP contribution in [0.3, 0.4) is 0 Å². The van der Waals surface area contributed by atoms with Crippen LogP contribution < -0.4 is 5.73 Å². The molecule has 1 atom stereocenters. The lowest BCUT2D eigenvalue weighted by atomic mass is 9.94. The number of hydrogen-bond acceptors (Lipinski definition) is 3. The third-order valence-corrected chi connectivity index (χ3v) is 3.32. The van der Waals surface area contributed by atoms with Crippen LogP contribution >= 0.6 is 0 Å². The summed E-state index contributed by atoms with van der Waals surface area (Å²) < 4.78 is 5.14. The van der Waals surface area contributed by atoms with Gasteiger partial charge in [-0.3, -0.25) is 4.90 Å². The summed E-state index contributed by atoms with van der Waals surface area (Å²) in [6, 6.07) is 9.10. The molecule has 1 aromatic carbocycles. The Morgan fingerprint density at radius 3 is 2.81 bits per heavy atom. The van der Waals surface area contributed by atoms with Gasteiger partial charge in [-0.15, -0.1) is 0 Å². The quantitative estimate of drug-likeness (QED) is 0.823. The molecule has 16 heavy (non-hydrogen) atoms. The molecule has 2 rings (SSSR count). The van der Waals surface area contributed by atoms with Crippen molar-refractivity contribution in [3.05, 3.63) is 35.4 Å². The Labute approximate surface area is 97.2 Å². The number of benzene rings is 1. The first kappa shape index (κ1) is 11.6. The highest BCUT2D eigenvalue weighted by atomic mass is 16.5. The zero-order valence-corrected chi connectivity index (χ0v) is 9.86. The van der Waals surface area contributed by atoms with Gasteiger partial charge >= 0.3 is 0 Å². The molecule has 1 heterocycles. The van der Waals surface area contributed by atoms with E-state index < -0.39 is 0 Å². The summed E-state index contributed by atoms with van der Waals surface area (Å²) in [6.45, 7) is 3.46. The Bertz CT molecular complexity index is 340. The summed E-state index contributed by atoms with van der Waals surface area (Å²) in [5.41, 5.74) is 8.72. The smallest absolute Gasteiger partial charge is 0.0589 e. The van der Waals surface area contributed by atoms with E-state index in [4.69, 9.17) is 10.5 Å². The second-order valence-electron chi connectivity index (χ2n) is 4.33. The van der Waals surface area contributed by atoms with Crippen LogP contribution in [-0.4, -0.2) is 37.7 Å². The summed E-state index contributed by atoms with van der Waals surface area (Å²) in [6.07, 6.45) is 1.07. The molecular formula is C13H20N2O. The maximum atomic E-state index is 5.84. The van der Waals surface area contributed by atoms with E-state index in [9.17, 15) is 0 Å². The van der Waals surface area contributed by atoms with Crippen molar-refractivity contribution >= 4 is 0 Å². The zero-order chi connectivity index (χ0) is 11.4. The van der Waals surface area contributed by atoms with Crippen LogP contribution in [0.15, 0.2) is 24.3 Å². The van der Waals surface area contributed by atoms with Crippen LogP contribution in [0.2, 0.25) is 0 Å². The molecule has 0 saturated carbocycles. The Balaban J connectivity index is 2.11. The monoisotopic (exact) mass is 220 g/mol. The topological polar surface area (TPSA) is 38.5 Å². The van der Waals surface area contributed by atoms with E-state index in [1.807, 2.05) is 0 Å². The van der Waals surface area contributed by atoms with Crippen molar-refractivity contribution in [1.82, 2.24) is 4.90 Å². The van der Waals surface area contributed by atoms with Gasteiger partial charge in [-0.05, 0) is 17.5 Å². The zero-order valence-electron chi connectivity index (χ0n) is 9.86.